The summed E-state index contributed by atoms with van der Waals surface area (Å²) in [4.78, 5) is 0. The number of ether oxygens (including phenoxy) is 1. The number of hydrogen-bond acceptors (Lipinski definition) is 2. The van der Waals surface area contributed by atoms with E-state index in [9.17, 15) is 8.78 Å². The van der Waals surface area contributed by atoms with E-state index in [0.29, 0.717) is 5.56 Å². The van der Waals surface area contributed by atoms with Crippen molar-refractivity contribution in [1.82, 2.24) is 0 Å². The number of benzene rings is 2. The zero-order valence-corrected chi connectivity index (χ0v) is 12.4. The Kier molecular flexibility index (Phi) is 4.28. The van der Waals surface area contributed by atoms with E-state index in [1.54, 1.807) is 24.3 Å². The molecule has 2 aromatic rings. The van der Waals surface area contributed by atoms with Gasteiger partial charge in [0.2, 0.25) is 0 Å². The summed E-state index contributed by atoms with van der Waals surface area (Å²) < 4.78 is 31.8. The van der Waals surface area contributed by atoms with Crippen molar-refractivity contribution >= 4 is 0 Å². The lowest BCUT2D eigenvalue weighted by Gasteiger charge is -2.32. The zero-order chi connectivity index (χ0) is 15.6. The molecule has 2 nitrogen and oxygen atoms in total. The fourth-order valence-electron chi connectivity index (χ4n) is 2.35. The van der Waals surface area contributed by atoms with E-state index < -0.39 is 17.3 Å². The first-order chi connectivity index (χ1) is 9.86. The number of methoxy groups -OCH3 is 1. The number of rotatable bonds is 4. The summed E-state index contributed by atoms with van der Waals surface area (Å²) in [6.07, 6.45) is 0. The highest BCUT2D eigenvalue weighted by Gasteiger charge is 2.30. The topological polar surface area (TPSA) is 35.2 Å². The van der Waals surface area contributed by atoms with Gasteiger partial charge in [0.25, 0.3) is 0 Å². The van der Waals surface area contributed by atoms with Gasteiger partial charge < -0.3 is 10.5 Å². The van der Waals surface area contributed by atoms with E-state index in [0.717, 1.165) is 5.56 Å². The minimum atomic E-state index is -0.464. The van der Waals surface area contributed by atoms with Crippen LogP contribution in [0.4, 0.5) is 8.78 Å². The molecule has 0 aliphatic carbocycles. The molecular formula is C17H19F2NO. The van der Waals surface area contributed by atoms with Gasteiger partial charge in [-0.15, -0.1) is 0 Å². The molecule has 0 amide bonds. The Morgan fingerprint density at radius 3 is 2.19 bits per heavy atom. The maximum atomic E-state index is 13.8. The van der Waals surface area contributed by atoms with Gasteiger partial charge in [-0.1, -0.05) is 32.0 Å². The quantitative estimate of drug-likeness (QED) is 0.925. The molecule has 0 heterocycles. The van der Waals surface area contributed by atoms with E-state index in [-0.39, 0.29) is 11.6 Å². The molecule has 21 heavy (non-hydrogen) atoms. The molecule has 0 bridgehead atoms. The highest BCUT2D eigenvalue weighted by molar-refractivity contribution is 5.35. The summed E-state index contributed by atoms with van der Waals surface area (Å²) in [7, 11) is 1.42. The van der Waals surface area contributed by atoms with Crippen molar-refractivity contribution in [3.05, 3.63) is 65.2 Å². The molecule has 0 aromatic heterocycles. The molecule has 0 radical (unpaired) electrons. The Morgan fingerprint density at radius 1 is 1.05 bits per heavy atom. The zero-order valence-electron chi connectivity index (χ0n) is 12.4. The van der Waals surface area contributed by atoms with Gasteiger partial charge in [-0.25, -0.2) is 8.78 Å². The predicted octanol–water partition coefficient (Wildman–Crippen LogP) is 3.95. The summed E-state index contributed by atoms with van der Waals surface area (Å²) in [5.41, 5.74) is 7.40. The summed E-state index contributed by atoms with van der Waals surface area (Å²) in [5, 5.41) is 0. The molecule has 0 fully saturated rings. The first-order valence-corrected chi connectivity index (χ1v) is 6.71. The summed E-state index contributed by atoms with van der Waals surface area (Å²) in [6, 6.07) is 10.5. The summed E-state index contributed by atoms with van der Waals surface area (Å²) in [5.74, 6) is -0.551. The Bertz CT molecular complexity index is 623. The summed E-state index contributed by atoms with van der Waals surface area (Å²) in [6.45, 7) is 3.90. The Morgan fingerprint density at radius 2 is 1.67 bits per heavy atom. The second-order valence-electron chi connectivity index (χ2n) is 5.60. The second-order valence-corrected chi connectivity index (χ2v) is 5.60. The smallest absolute Gasteiger partial charge is 0.165 e. The third kappa shape index (κ3) is 3.05. The van der Waals surface area contributed by atoms with Crippen molar-refractivity contribution < 1.29 is 13.5 Å². The third-order valence-electron chi connectivity index (χ3n) is 3.90. The molecule has 0 aliphatic heterocycles. The van der Waals surface area contributed by atoms with E-state index in [2.05, 4.69) is 0 Å². The first kappa shape index (κ1) is 15.4. The lowest BCUT2D eigenvalue weighted by atomic mass is 9.75. The highest BCUT2D eigenvalue weighted by Crippen LogP contribution is 2.36. The molecule has 2 aromatic carbocycles. The maximum Gasteiger partial charge on any atom is 0.165 e. The van der Waals surface area contributed by atoms with E-state index in [1.165, 1.54) is 25.3 Å². The van der Waals surface area contributed by atoms with Gasteiger partial charge in [0.15, 0.2) is 11.6 Å². The van der Waals surface area contributed by atoms with E-state index in [4.69, 9.17) is 10.5 Å². The van der Waals surface area contributed by atoms with Crippen LogP contribution < -0.4 is 10.5 Å². The van der Waals surface area contributed by atoms with Crippen molar-refractivity contribution in [2.24, 2.45) is 5.73 Å². The van der Waals surface area contributed by atoms with Crippen LogP contribution in [0.1, 0.15) is 31.0 Å². The first-order valence-electron chi connectivity index (χ1n) is 6.71. The monoisotopic (exact) mass is 291 g/mol. The van der Waals surface area contributed by atoms with Gasteiger partial charge in [-0.3, -0.25) is 0 Å². The number of halogens is 2. The third-order valence-corrected chi connectivity index (χ3v) is 3.90. The van der Waals surface area contributed by atoms with Gasteiger partial charge in [0, 0.05) is 11.5 Å². The molecule has 2 rings (SSSR count). The van der Waals surface area contributed by atoms with Crippen LogP contribution in [0.5, 0.6) is 5.75 Å². The van der Waals surface area contributed by atoms with Gasteiger partial charge in [-0.2, -0.15) is 0 Å². The molecular weight excluding hydrogens is 272 g/mol. The molecule has 112 valence electrons. The van der Waals surface area contributed by atoms with Crippen molar-refractivity contribution in [1.29, 1.82) is 0 Å². The highest BCUT2D eigenvalue weighted by atomic mass is 19.1. The van der Waals surface area contributed by atoms with Crippen LogP contribution >= 0.6 is 0 Å². The normalized spacial score (nSPS) is 13.0. The largest absolute Gasteiger partial charge is 0.494 e. The molecule has 2 N–H and O–H groups in total. The molecule has 0 spiro atoms. The molecule has 1 unspecified atom stereocenters. The fraction of sp³-hybridized carbons (Fsp3) is 0.294. The lowest BCUT2D eigenvalue weighted by molar-refractivity contribution is 0.382. The lowest BCUT2D eigenvalue weighted by Crippen LogP contribution is -2.33. The van der Waals surface area contributed by atoms with Crippen LogP contribution in [0.2, 0.25) is 0 Å². The van der Waals surface area contributed by atoms with Gasteiger partial charge >= 0.3 is 0 Å². The van der Waals surface area contributed by atoms with Crippen LogP contribution in [0.3, 0.4) is 0 Å². The van der Waals surface area contributed by atoms with Gasteiger partial charge in [-0.05, 0) is 35.4 Å². The number of nitrogens with two attached hydrogens (primary N) is 1. The minimum Gasteiger partial charge on any atom is -0.494 e. The van der Waals surface area contributed by atoms with E-state index >= 15 is 0 Å². The Labute approximate surface area is 123 Å². The predicted molar refractivity (Wildman–Crippen MR) is 79.3 cm³/mol. The van der Waals surface area contributed by atoms with Crippen molar-refractivity contribution in [3.63, 3.8) is 0 Å². The molecule has 0 aliphatic rings. The summed E-state index contributed by atoms with van der Waals surface area (Å²) >= 11 is 0. The van der Waals surface area contributed by atoms with Crippen LogP contribution in [-0.2, 0) is 5.41 Å². The van der Waals surface area contributed by atoms with Gasteiger partial charge in [0.05, 0.1) is 7.11 Å². The molecule has 4 heteroatoms. The maximum absolute atomic E-state index is 13.8. The van der Waals surface area contributed by atoms with Crippen molar-refractivity contribution in [2.75, 3.05) is 7.11 Å². The fourth-order valence-corrected chi connectivity index (χ4v) is 2.35. The van der Waals surface area contributed by atoms with Crippen LogP contribution in [0.15, 0.2) is 42.5 Å². The van der Waals surface area contributed by atoms with Crippen molar-refractivity contribution in [2.45, 2.75) is 25.3 Å². The standard InChI is InChI=1S/C17H19F2NO/c1-17(2,12-5-7-13(18)8-6-12)16(20)11-4-9-15(21-3)14(19)10-11/h4-10,16H,20H2,1-3H3. The molecule has 0 saturated carbocycles. The average molecular weight is 291 g/mol. The SMILES string of the molecule is COc1ccc(C(N)C(C)(C)c2ccc(F)cc2)cc1F. The average Bonchev–Trinajstić information content (AvgIpc) is 2.46. The van der Waals surface area contributed by atoms with Crippen LogP contribution in [-0.4, -0.2) is 7.11 Å². The Balaban J connectivity index is 2.35. The van der Waals surface area contributed by atoms with Crippen molar-refractivity contribution in [3.8, 4) is 5.75 Å². The second kappa shape index (κ2) is 5.82. The van der Waals surface area contributed by atoms with Crippen LogP contribution in [0.25, 0.3) is 0 Å². The molecule has 1 atom stereocenters. The van der Waals surface area contributed by atoms with Crippen LogP contribution in [0, 0.1) is 11.6 Å². The number of hydrogen-bond donors (Lipinski definition) is 1. The van der Waals surface area contributed by atoms with Gasteiger partial charge in [0.1, 0.15) is 5.82 Å². The Hall–Kier alpha value is -1.94. The van der Waals surface area contributed by atoms with E-state index in [1.807, 2.05) is 13.8 Å². The minimum absolute atomic E-state index is 0.186. The molecule has 0 saturated heterocycles.